The Morgan fingerprint density at radius 1 is 1.46 bits per heavy atom. The lowest BCUT2D eigenvalue weighted by molar-refractivity contribution is -0.149. The van der Waals surface area contributed by atoms with Crippen LogP contribution in [0.3, 0.4) is 0 Å². The highest BCUT2D eigenvalue weighted by atomic mass is 16.6. The fraction of sp³-hybridized carbons (Fsp3) is 0.625. The number of nitrogens with one attached hydrogen (secondary N) is 2. The number of esters is 1. The van der Waals surface area contributed by atoms with Gasteiger partial charge in [-0.2, -0.15) is 0 Å². The molecule has 0 saturated carbocycles. The van der Waals surface area contributed by atoms with Gasteiger partial charge in [0.2, 0.25) is 0 Å². The molecule has 0 radical (unpaired) electrons. The maximum Gasteiger partial charge on any atom is 0.326 e. The van der Waals surface area contributed by atoms with E-state index in [-0.39, 0.29) is 31.3 Å². The minimum absolute atomic E-state index is 0.0121. The molecule has 4 heterocycles. The molecule has 3 N–H and O–H groups in total. The number of fused-ring (bicyclic) bond motifs is 1. The van der Waals surface area contributed by atoms with Crippen LogP contribution < -0.4 is 10.6 Å². The Hall–Kier alpha value is -2.30. The lowest BCUT2D eigenvalue weighted by Crippen LogP contribution is -2.23. The van der Waals surface area contributed by atoms with Crippen molar-refractivity contribution in [2.75, 3.05) is 31.6 Å². The van der Waals surface area contributed by atoms with E-state index in [0.717, 1.165) is 19.5 Å². The first-order chi connectivity index (χ1) is 12.7. The number of hydrogen-bond acceptors (Lipinski definition) is 9. The Morgan fingerprint density at radius 2 is 2.38 bits per heavy atom. The third kappa shape index (κ3) is 3.62. The molecule has 0 aliphatic carbocycles. The molecule has 0 spiro atoms. The number of ether oxygens (including phenoxy) is 2. The summed E-state index contributed by atoms with van der Waals surface area (Å²) in [6.07, 6.45) is 3.99. The summed E-state index contributed by atoms with van der Waals surface area (Å²) in [4.78, 5) is 25.1. The molecule has 2 fully saturated rings. The van der Waals surface area contributed by atoms with Gasteiger partial charge in [-0.25, -0.2) is 15.0 Å². The molecule has 2 aromatic heterocycles. The molecule has 26 heavy (non-hydrogen) atoms. The van der Waals surface area contributed by atoms with Crippen molar-refractivity contribution in [3.63, 3.8) is 0 Å². The molecule has 4 rings (SSSR count). The summed E-state index contributed by atoms with van der Waals surface area (Å²) >= 11 is 0. The van der Waals surface area contributed by atoms with E-state index in [1.165, 1.54) is 6.33 Å². The predicted octanol–water partition coefficient (Wildman–Crippen LogP) is -0.707. The third-order valence-electron chi connectivity index (χ3n) is 4.65. The fourth-order valence-corrected chi connectivity index (χ4v) is 3.32. The Balaban J connectivity index is 1.43. The van der Waals surface area contributed by atoms with Crippen molar-refractivity contribution >= 4 is 23.0 Å². The van der Waals surface area contributed by atoms with Crippen molar-refractivity contribution in [2.24, 2.45) is 0 Å². The number of aliphatic hydroxyl groups is 1. The second-order valence-electron chi connectivity index (χ2n) is 6.59. The molecule has 140 valence electrons. The van der Waals surface area contributed by atoms with Crippen LogP contribution in [0.15, 0.2) is 12.7 Å². The highest BCUT2D eigenvalue weighted by molar-refractivity contribution is 5.84. The van der Waals surface area contributed by atoms with Gasteiger partial charge in [-0.3, -0.25) is 4.79 Å². The molecule has 2 saturated heterocycles. The minimum Gasteiger partial charge on any atom is -0.458 e. The van der Waals surface area contributed by atoms with Crippen molar-refractivity contribution in [1.29, 1.82) is 0 Å². The summed E-state index contributed by atoms with van der Waals surface area (Å²) in [6, 6.07) is 0.310. The van der Waals surface area contributed by atoms with Crippen molar-refractivity contribution in [2.45, 2.75) is 37.6 Å². The molecule has 2 aliphatic rings. The highest BCUT2D eigenvalue weighted by Crippen LogP contribution is 2.20. The standard InChI is InChI=1S/C16H22N6O4/c23-6-11-3-12(7-25-11)26-13(24)5-22-9-20-14-15(18-8-19-16(14)22)21-10-1-2-17-4-10/h8-12,17,23H,1-7H2,(H,18,19,21)/t10-,11+,12-/m1/s1. The molecule has 0 unspecified atom stereocenters. The van der Waals surface area contributed by atoms with Crippen LogP contribution >= 0.6 is 0 Å². The molecular formula is C16H22N6O4. The van der Waals surface area contributed by atoms with Gasteiger partial charge >= 0.3 is 5.97 Å². The van der Waals surface area contributed by atoms with Crippen LogP contribution in [-0.2, 0) is 20.8 Å². The van der Waals surface area contributed by atoms with Crippen LogP contribution in [-0.4, -0.2) is 75.1 Å². The van der Waals surface area contributed by atoms with Crippen molar-refractivity contribution in [3.8, 4) is 0 Å². The molecule has 0 bridgehead atoms. The number of anilines is 1. The van der Waals surface area contributed by atoms with Gasteiger partial charge in [0, 0.05) is 19.0 Å². The number of aliphatic hydroxyl groups excluding tert-OH is 1. The van der Waals surface area contributed by atoms with Crippen LogP contribution in [0.2, 0.25) is 0 Å². The maximum atomic E-state index is 12.2. The van der Waals surface area contributed by atoms with Gasteiger partial charge in [-0.1, -0.05) is 0 Å². The normalized spacial score (nSPS) is 25.7. The topological polar surface area (TPSA) is 123 Å². The largest absolute Gasteiger partial charge is 0.458 e. The van der Waals surface area contributed by atoms with Gasteiger partial charge in [0.25, 0.3) is 0 Å². The molecule has 2 aromatic rings. The highest BCUT2D eigenvalue weighted by Gasteiger charge is 2.28. The second-order valence-corrected chi connectivity index (χ2v) is 6.59. The van der Waals surface area contributed by atoms with Crippen LogP contribution in [0, 0.1) is 0 Å². The zero-order valence-electron chi connectivity index (χ0n) is 14.3. The Bertz CT molecular complexity index is 775. The summed E-state index contributed by atoms with van der Waals surface area (Å²) < 4.78 is 12.4. The Kier molecular flexibility index (Phi) is 4.96. The first kappa shape index (κ1) is 17.1. The first-order valence-corrected chi connectivity index (χ1v) is 8.78. The van der Waals surface area contributed by atoms with Crippen molar-refractivity contribution in [3.05, 3.63) is 12.7 Å². The Morgan fingerprint density at radius 3 is 3.15 bits per heavy atom. The number of carbonyl (C=O) groups is 1. The molecule has 0 aromatic carbocycles. The summed E-state index contributed by atoms with van der Waals surface area (Å²) in [5.41, 5.74) is 1.22. The predicted molar refractivity (Wildman–Crippen MR) is 91.5 cm³/mol. The summed E-state index contributed by atoms with van der Waals surface area (Å²) in [7, 11) is 0. The number of nitrogens with zero attached hydrogens (tertiary/aromatic N) is 4. The SMILES string of the molecule is O=C(Cn1cnc2c(N[C@@H]3CCNC3)ncnc21)O[C@H]1CO[C@H](CO)C1. The molecular weight excluding hydrogens is 340 g/mol. The van der Waals surface area contributed by atoms with Crippen LogP contribution in [0.1, 0.15) is 12.8 Å². The zero-order valence-corrected chi connectivity index (χ0v) is 14.3. The third-order valence-corrected chi connectivity index (χ3v) is 4.65. The van der Waals surface area contributed by atoms with Gasteiger partial charge in [0.15, 0.2) is 11.5 Å². The number of hydrogen-bond donors (Lipinski definition) is 3. The number of imidazole rings is 1. The van der Waals surface area contributed by atoms with Gasteiger partial charge in [-0.15, -0.1) is 0 Å². The lowest BCUT2D eigenvalue weighted by Gasteiger charge is -2.12. The molecule has 10 nitrogen and oxygen atoms in total. The summed E-state index contributed by atoms with van der Waals surface area (Å²) in [5, 5.41) is 15.7. The van der Waals surface area contributed by atoms with Gasteiger partial charge in [-0.05, 0) is 13.0 Å². The van der Waals surface area contributed by atoms with Gasteiger partial charge in [0.1, 0.15) is 24.5 Å². The van der Waals surface area contributed by atoms with Crippen molar-refractivity contribution in [1.82, 2.24) is 24.8 Å². The van der Waals surface area contributed by atoms with E-state index >= 15 is 0 Å². The summed E-state index contributed by atoms with van der Waals surface area (Å²) in [6.45, 7) is 2.12. The van der Waals surface area contributed by atoms with E-state index < -0.39 is 0 Å². The zero-order chi connectivity index (χ0) is 17.9. The average molecular weight is 362 g/mol. The molecule has 3 atom stereocenters. The average Bonchev–Trinajstić information content (AvgIpc) is 3.37. The van der Waals surface area contributed by atoms with Crippen LogP contribution in [0.25, 0.3) is 11.2 Å². The van der Waals surface area contributed by atoms with E-state index in [1.54, 1.807) is 10.9 Å². The minimum atomic E-state index is -0.385. The van der Waals surface area contributed by atoms with E-state index in [9.17, 15) is 4.79 Å². The van der Waals surface area contributed by atoms with E-state index in [2.05, 4.69) is 25.6 Å². The quantitative estimate of drug-likeness (QED) is 0.572. The van der Waals surface area contributed by atoms with Crippen molar-refractivity contribution < 1.29 is 19.4 Å². The number of carbonyl (C=O) groups excluding carboxylic acids is 1. The van der Waals surface area contributed by atoms with Gasteiger partial charge < -0.3 is 29.8 Å². The Labute approximate surface area is 149 Å². The number of rotatable bonds is 6. The van der Waals surface area contributed by atoms with Crippen LogP contribution in [0.4, 0.5) is 5.82 Å². The van der Waals surface area contributed by atoms with E-state index in [1.807, 2.05) is 0 Å². The summed E-state index contributed by atoms with van der Waals surface area (Å²) in [5.74, 6) is 0.287. The van der Waals surface area contributed by atoms with E-state index in [4.69, 9.17) is 14.6 Å². The van der Waals surface area contributed by atoms with E-state index in [0.29, 0.717) is 36.1 Å². The molecule has 2 aliphatic heterocycles. The molecule has 0 amide bonds. The monoisotopic (exact) mass is 362 g/mol. The molecule has 10 heteroatoms. The fourth-order valence-electron chi connectivity index (χ4n) is 3.32. The van der Waals surface area contributed by atoms with Gasteiger partial charge in [0.05, 0.1) is 25.6 Å². The first-order valence-electron chi connectivity index (χ1n) is 8.78. The second kappa shape index (κ2) is 7.52. The lowest BCUT2D eigenvalue weighted by atomic mass is 10.2. The maximum absolute atomic E-state index is 12.2. The van der Waals surface area contributed by atoms with Crippen LogP contribution in [0.5, 0.6) is 0 Å². The number of aromatic nitrogens is 4. The smallest absolute Gasteiger partial charge is 0.326 e.